The fourth-order valence-electron chi connectivity index (χ4n) is 4.27. The second-order valence-electron chi connectivity index (χ2n) is 8.77. The van der Waals surface area contributed by atoms with Gasteiger partial charge in [-0.15, -0.1) is 10.2 Å². The number of thioether (sulfide) groups is 1. The van der Waals surface area contributed by atoms with Gasteiger partial charge in [-0.05, 0) is 54.8 Å². The number of Topliss-reactive ketones (excluding diaryl/α,β-unsaturated/α-hetero) is 1. The highest BCUT2D eigenvalue weighted by molar-refractivity contribution is 9.10. The summed E-state index contributed by atoms with van der Waals surface area (Å²) in [6.45, 7) is 3.73. The van der Waals surface area contributed by atoms with Gasteiger partial charge < -0.3 is 5.11 Å². The van der Waals surface area contributed by atoms with Crippen molar-refractivity contribution in [2.24, 2.45) is 0 Å². The van der Waals surface area contributed by atoms with Gasteiger partial charge in [0.15, 0.2) is 4.34 Å². The fraction of sp³-hybridized carbons (Fsp3) is 0.143. The molecule has 192 valence electrons. The summed E-state index contributed by atoms with van der Waals surface area (Å²) in [4.78, 5) is 28.1. The van der Waals surface area contributed by atoms with Crippen LogP contribution >= 0.6 is 39.0 Å². The van der Waals surface area contributed by atoms with E-state index in [0.717, 1.165) is 26.9 Å². The Morgan fingerprint density at radius 1 is 1.08 bits per heavy atom. The molecular formula is C28H21BrFN3O3S2. The van der Waals surface area contributed by atoms with Crippen molar-refractivity contribution >= 4 is 61.6 Å². The number of aliphatic hydroxyl groups excluding tert-OH is 1. The molecule has 1 saturated heterocycles. The number of amides is 1. The third kappa shape index (κ3) is 5.03. The largest absolute Gasteiger partial charge is 0.507 e. The maximum atomic E-state index is 14.1. The second-order valence-corrected chi connectivity index (χ2v) is 11.9. The smallest absolute Gasteiger partial charge is 0.301 e. The minimum Gasteiger partial charge on any atom is -0.507 e. The number of carbonyl (C=O) groups is 2. The van der Waals surface area contributed by atoms with Gasteiger partial charge >= 0.3 is 5.91 Å². The Kier molecular flexibility index (Phi) is 7.47. The van der Waals surface area contributed by atoms with E-state index in [1.165, 1.54) is 22.7 Å². The summed E-state index contributed by atoms with van der Waals surface area (Å²) < 4.78 is 15.3. The van der Waals surface area contributed by atoms with Crippen LogP contribution in [-0.2, 0) is 15.3 Å². The lowest BCUT2D eigenvalue weighted by Gasteiger charge is -2.23. The number of aromatic nitrogens is 2. The minimum atomic E-state index is -0.912. The van der Waals surface area contributed by atoms with Crippen LogP contribution in [0.5, 0.6) is 0 Å². The number of anilines is 1. The monoisotopic (exact) mass is 609 g/mol. The molecule has 3 aromatic carbocycles. The first-order chi connectivity index (χ1) is 18.2. The molecule has 0 aliphatic carbocycles. The van der Waals surface area contributed by atoms with Crippen LogP contribution in [0.25, 0.3) is 5.76 Å². The van der Waals surface area contributed by atoms with Gasteiger partial charge in [-0.1, -0.05) is 87.1 Å². The lowest BCUT2D eigenvalue weighted by molar-refractivity contribution is -0.132. The van der Waals surface area contributed by atoms with Crippen molar-refractivity contribution in [1.82, 2.24) is 10.2 Å². The van der Waals surface area contributed by atoms with Crippen molar-refractivity contribution in [3.05, 3.63) is 110 Å². The number of ketones is 1. The molecule has 0 saturated carbocycles. The van der Waals surface area contributed by atoms with E-state index in [4.69, 9.17) is 0 Å². The number of aryl methyl sites for hydroxylation is 2. The average Bonchev–Trinajstić information content (AvgIpc) is 3.46. The van der Waals surface area contributed by atoms with E-state index >= 15 is 0 Å². The van der Waals surface area contributed by atoms with Crippen LogP contribution in [0.1, 0.15) is 33.9 Å². The second kappa shape index (κ2) is 10.8. The van der Waals surface area contributed by atoms with Gasteiger partial charge in [0.25, 0.3) is 5.78 Å². The van der Waals surface area contributed by atoms with Crippen molar-refractivity contribution < 1.29 is 19.1 Å². The van der Waals surface area contributed by atoms with Gasteiger partial charge in [0.2, 0.25) is 5.13 Å². The third-order valence-corrected chi connectivity index (χ3v) is 8.77. The van der Waals surface area contributed by atoms with Gasteiger partial charge in [0.05, 0.1) is 11.6 Å². The highest BCUT2D eigenvalue weighted by Gasteiger charge is 2.48. The number of hydrogen-bond acceptors (Lipinski definition) is 7. The molecule has 4 aromatic rings. The van der Waals surface area contributed by atoms with Crippen LogP contribution in [0.4, 0.5) is 9.52 Å². The van der Waals surface area contributed by atoms with Crippen LogP contribution in [0.15, 0.2) is 81.1 Å². The molecule has 6 nitrogen and oxygen atoms in total. The average molecular weight is 611 g/mol. The lowest BCUT2D eigenvalue weighted by Crippen LogP contribution is -2.29. The van der Waals surface area contributed by atoms with Crippen LogP contribution in [0.3, 0.4) is 0 Å². The summed E-state index contributed by atoms with van der Waals surface area (Å²) in [5.41, 5.74) is 3.30. The Bertz CT molecular complexity index is 1600. The highest BCUT2D eigenvalue weighted by atomic mass is 79.9. The zero-order chi connectivity index (χ0) is 27.0. The molecule has 0 radical (unpaired) electrons. The van der Waals surface area contributed by atoms with E-state index in [1.54, 1.807) is 42.5 Å². The summed E-state index contributed by atoms with van der Waals surface area (Å²) in [5, 5.41) is 20.0. The van der Waals surface area contributed by atoms with Crippen molar-refractivity contribution in [2.45, 2.75) is 30.0 Å². The van der Waals surface area contributed by atoms with Crippen molar-refractivity contribution in [3.63, 3.8) is 0 Å². The SMILES string of the molecule is Cc1ccc(C)c(/C(O)=C2\C(=O)C(=O)N(c3nnc(SCc4ccccc4F)s3)C2c2cccc(Br)c2)c1. The Labute approximate surface area is 235 Å². The Balaban J connectivity index is 1.58. The Morgan fingerprint density at radius 3 is 2.63 bits per heavy atom. The summed E-state index contributed by atoms with van der Waals surface area (Å²) in [6.07, 6.45) is 0. The predicted molar refractivity (Wildman–Crippen MR) is 151 cm³/mol. The minimum absolute atomic E-state index is 0.0161. The zero-order valence-electron chi connectivity index (χ0n) is 20.3. The molecule has 1 aromatic heterocycles. The number of carbonyl (C=O) groups excluding carboxylic acids is 2. The van der Waals surface area contributed by atoms with Gasteiger partial charge in [-0.25, -0.2) is 4.39 Å². The zero-order valence-corrected chi connectivity index (χ0v) is 23.5. The molecule has 1 unspecified atom stereocenters. The van der Waals surface area contributed by atoms with E-state index in [2.05, 4.69) is 26.1 Å². The van der Waals surface area contributed by atoms with Crippen LogP contribution in [-0.4, -0.2) is 27.0 Å². The van der Waals surface area contributed by atoms with Gasteiger partial charge in [-0.3, -0.25) is 14.5 Å². The molecule has 38 heavy (non-hydrogen) atoms. The van der Waals surface area contributed by atoms with E-state index in [9.17, 15) is 19.1 Å². The maximum Gasteiger partial charge on any atom is 0.301 e. The molecule has 2 heterocycles. The third-order valence-electron chi connectivity index (χ3n) is 6.17. The van der Waals surface area contributed by atoms with Crippen molar-refractivity contribution in [1.29, 1.82) is 0 Å². The van der Waals surface area contributed by atoms with Crippen LogP contribution in [0.2, 0.25) is 0 Å². The number of benzene rings is 3. The summed E-state index contributed by atoms with van der Waals surface area (Å²) in [6, 6.07) is 18.4. The van der Waals surface area contributed by atoms with E-state index in [0.29, 0.717) is 26.8 Å². The topological polar surface area (TPSA) is 83.4 Å². The van der Waals surface area contributed by atoms with Gasteiger partial charge in [-0.2, -0.15) is 0 Å². The fourth-order valence-corrected chi connectivity index (χ4v) is 6.54. The normalized spacial score (nSPS) is 16.8. The number of hydrogen-bond donors (Lipinski definition) is 1. The van der Waals surface area contributed by atoms with E-state index in [-0.39, 0.29) is 22.3 Å². The highest BCUT2D eigenvalue weighted by Crippen LogP contribution is 2.44. The summed E-state index contributed by atoms with van der Waals surface area (Å²) in [5.74, 6) is -1.82. The molecular weight excluding hydrogens is 589 g/mol. The van der Waals surface area contributed by atoms with E-state index < -0.39 is 17.7 Å². The number of halogens is 2. The molecule has 10 heteroatoms. The molecule has 1 aliphatic heterocycles. The van der Waals surface area contributed by atoms with Crippen molar-refractivity contribution in [2.75, 3.05) is 4.90 Å². The Hall–Kier alpha value is -3.34. The number of nitrogens with zero attached hydrogens (tertiary/aromatic N) is 3. The van der Waals surface area contributed by atoms with Crippen LogP contribution < -0.4 is 4.90 Å². The quantitative estimate of drug-likeness (QED) is 0.0835. The van der Waals surface area contributed by atoms with E-state index in [1.807, 2.05) is 32.0 Å². The van der Waals surface area contributed by atoms with Crippen LogP contribution in [0, 0.1) is 19.7 Å². The predicted octanol–water partition coefficient (Wildman–Crippen LogP) is 6.98. The summed E-state index contributed by atoms with van der Waals surface area (Å²) >= 11 is 5.89. The molecule has 1 fully saturated rings. The standard InChI is InChI=1S/C28H21BrFN3O3S2/c1-15-10-11-16(2)20(12-15)24(34)22-23(17-7-5-8-19(29)13-17)33(26(36)25(22)35)27-31-32-28(38-27)37-14-18-6-3-4-9-21(18)30/h3-13,23,34H,14H2,1-2H3/b24-22+. The first kappa shape index (κ1) is 26.3. The Morgan fingerprint density at radius 2 is 1.87 bits per heavy atom. The molecule has 1 amide bonds. The lowest BCUT2D eigenvalue weighted by atomic mass is 9.93. The molecule has 0 spiro atoms. The summed E-state index contributed by atoms with van der Waals surface area (Å²) in [7, 11) is 0. The molecule has 1 aliphatic rings. The number of rotatable bonds is 6. The van der Waals surface area contributed by atoms with Gasteiger partial charge in [0.1, 0.15) is 11.6 Å². The molecule has 1 atom stereocenters. The van der Waals surface area contributed by atoms with Crippen molar-refractivity contribution in [3.8, 4) is 0 Å². The first-order valence-corrected chi connectivity index (χ1v) is 14.2. The van der Waals surface area contributed by atoms with Gasteiger partial charge in [0, 0.05) is 15.8 Å². The molecule has 0 bridgehead atoms. The molecule has 1 N–H and O–H groups in total. The first-order valence-electron chi connectivity index (χ1n) is 11.6. The number of aliphatic hydroxyl groups is 1. The molecule has 5 rings (SSSR count). The maximum absolute atomic E-state index is 14.1.